The predicted octanol–water partition coefficient (Wildman–Crippen LogP) is 1.09. The number of aliphatic hydroxyl groups is 1. The molecule has 1 unspecified atom stereocenters. The lowest BCUT2D eigenvalue weighted by atomic mass is 10.4. The van der Waals surface area contributed by atoms with Crippen LogP contribution < -0.4 is 0 Å². The third kappa shape index (κ3) is 12.4. The van der Waals surface area contributed by atoms with Crippen molar-refractivity contribution in [3.63, 3.8) is 0 Å². The van der Waals surface area contributed by atoms with Gasteiger partial charge in [-0.3, -0.25) is 0 Å². The van der Waals surface area contributed by atoms with Crippen molar-refractivity contribution in [1.29, 1.82) is 0 Å². The van der Waals surface area contributed by atoms with Crippen LogP contribution in [0, 0.1) is 0 Å². The number of esters is 1. The highest BCUT2D eigenvalue weighted by molar-refractivity contribution is 5.84. The van der Waals surface area contributed by atoms with Crippen LogP contribution in [-0.2, 0) is 14.3 Å². The van der Waals surface area contributed by atoms with Crippen molar-refractivity contribution in [3.05, 3.63) is 24.8 Å². The zero-order chi connectivity index (χ0) is 12.4. The summed E-state index contributed by atoms with van der Waals surface area (Å²) in [6.07, 6.45) is 0.425. The molecule has 2 N–H and O–H groups in total. The molecule has 5 heteroatoms. The topological polar surface area (TPSA) is 83.8 Å². The van der Waals surface area contributed by atoms with Gasteiger partial charge in [-0.15, -0.1) is 0 Å². The summed E-state index contributed by atoms with van der Waals surface area (Å²) in [4.78, 5) is 19.9. The average Bonchev–Trinajstić information content (AvgIpc) is 2.18. The van der Waals surface area contributed by atoms with E-state index in [-0.39, 0.29) is 5.57 Å². The van der Waals surface area contributed by atoms with E-state index in [4.69, 9.17) is 10.2 Å². The third-order valence-corrected chi connectivity index (χ3v) is 1.13. The van der Waals surface area contributed by atoms with E-state index in [1.165, 1.54) is 6.92 Å². The summed E-state index contributed by atoms with van der Waals surface area (Å²) in [6.45, 7) is 9.47. The number of carbonyl (C=O) groups excluding carboxylic acids is 1. The number of rotatable bonds is 4. The molecule has 15 heavy (non-hydrogen) atoms. The summed E-state index contributed by atoms with van der Waals surface area (Å²) >= 11 is 0. The maximum absolute atomic E-state index is 10.3. The fourth-order valence-electron chi connectivity index (χ4n) is 0.266. The highest BCUT2D eigenvalue weighted by atomic mass is 16.6. The second-order valence-electron chi connectivity index (χ2n) is 2.59. The Morgan fingerprint density at radius 1 is 1.53 bits per heavy atom. The van der Waals surface area contributed by atoms with Crippen LogP contribution in [0.2, 0.25) is 0 Å². The van der Waals surface area contributed by atoms with Gasteiger partial charge in [0.2, 0.25) is 6.29 Å². The number of hydrogen-bond acceptors (Lipinski definition) is 4. The molecule has 0 aliphatic carbocycles. The molecular weight excluding hydrogens is 200 g/mol. The summed E-state index contributed by atoms with van der Waals surface area (Å²) in [5, 5.41) is 16.6. The summed E-state index contributed by atoms with van der Waals surface area (Å²) in [5.74, 6) is -1.53. The SMILES string of the molecule is C=C(C)C(=O)O.C=CC(=O)OC(O)CC. The van der Waals surface area contributed by atoms with Gasteiger partial charge >= 0.3 is 11.9 Å². The van der Waals surface area contributed by atoms with Crippen molar-refractivity contribution in [2.75, 3.05) is 0 Å². The molecule has 0 spiro atoms. The lowest BCUT2D eigenvalue weighted by Crippen LogP contribution is -2.14. The van der Waals surface area contributed by atoms with Gasteiger partial charge in [0.15, 0.2) is 0 Å². The molecular formula is C10H16O5. The van der Waals surface area contributed by atoms with E-state index >= 15 is 0 Å². The van der Waals surface area contributed by atoms with Gasteiger partial charge < -0.3 is 14.9 Å². The molecule has 0 aromatic heterocycles. The van der Waals surface area contributed by atoms with Crippen molar-refractivity contribution in [2.45, 2.75) is 26.6 Å². The van der Waals surface area contributed by atoms with Gasteiger partial charge in [0.25, 0.3) is 0 Å². The molecule has 0 fully saturated rings. The zero-order valence-electron chi connectivity index (χ0n) is 8.90. The first-order valence-electron chi connectivity index (χ1n) is 4.25. The molecule has 0 aliphatic rings. The first-order chi connectivity index (χ1) is 6.84. The summed E-state index contributed by atoms with van der Waals surface area (Å²) < 4.78 is 4.35. The number of ether oxygens (including phenoxy) is 1. The molecule has 0 amide bonds. The van der Waals surface area contributed by atoms with Crippen LogP contribution in [0.3, 0.4) is 0 Å². The van der Waals surface area contributed by atoms with Gasteiger partial charge in [-0.1, -0.05) is 20.1 Å². The monoisotopic (exact) mass is 216 g/mol. The Bertz CT molecular complexity index is 232. The summed E-state index contributed by atoms with van der Waals surface area (Å²) in [5.41, 5.74) is 0.176. The highest BCUT2D eigenvalue weighted by Crippen LogP contribution is 1.92. The number of carboxylic acids is 1. The lowest BCUT2D eigenvalue weighted by molar-refractivity contribution is -0.161. The van der Waals surface area contributed by atoms with Gasteiger partial charge in [0, 0.05) is 18.1 Å². The standard InChI is InChI=1S/C6H10O3.C4H6O2/c1-3-5(7)9-6(8)4-2;1-3(2)4(5)6/h3,6,8H,1,4H2,2H3;1H2,2H3,(H,5,6). The molecule has 0 saturated heterocycles. The first kappa shape index (κ1) is 15.8. The molecule has 0 heterocycles. The molecule has 5 nitrogen and oxygen atoms in total. The van der Waals surface area contributed by atoms with Crippen molar-refractivity contribution in [2.24, 2.45) is 0 Å². The Balaban J connectivity index is 0. The Labute approximate surface area is 88.7 Å². The van der Waals surface area contributed by atoms with Crippen molar-refractivity contribution < 1.29 is 24.5 Å². The minimum absolute atomic E-state index is 0.176. The zero-order valence-corrected chi connectivity index (χ0v) is 8.90. The third-order valence-electron chi connectivity index (χ3n) is 1.13. The van der Waals surface area contributed by atoms with Crippen LogP contribution in [0.5, 0.6) is 0 Å². The van der Waals surface area contributed by atoms with E-state index in [0.29, 0.717) is 6.42 Å². The number of carbonyl (C=O) groups is 2. The van der Waals surface area contributed by atoms with Crippen molar-refractivity contribution in [1.82, 2.24) is 0 Å². The number of aliphatic carboxylic acids is 1. The predicted molar refractivity (Wildman–Crippen MR) is 55.0 cm³/mol. The minimum atomic E-state index is -0.990. The lowest BCUT2D eigenvalue weighted by Gasteiger charge is -2.05. The Hall–Kier alpha value is -1.62. The van der Waals surface area contributed by atoms with Crippen LogP contribution >= 0.6 is 0 Å². The molecule has 0 bridgehead atoms. The van der Waals surface area contributed by atoms with Crippen LogP contribution in [0.15, 0.2) is 24.8 Å². The van der Waals surface area contributed by atoms with Gasteiger partial charge in [0.1, 0.15) is 0 Å². The molecule has 0 radical (unpaired) electrons. The number of hydrogen-bond donors (Lipinski definition) is 2. The maximum atomic E-state index is 10.3. The average molecular weight is 216 g/mol. The fourth-order valence-corrected chi connectivity index (χ4v) is 0.266. The Morgan fingerprint density at radius 3 is 2.13 bits per heavy atom. The number of carboxylic acid groups (broad SMARTS) is 1. The quantitative estimate of drug-likeness (QED) is 0.417. The molecule has 0 saturated carbocycles. The van der Waals surface area contributed by atoms with E-state index in [2.05, 4.69) is 17.9 Å². The highest BCUT2D eigenvalue weighted by Gasteiger charge is 2.02. The second-order valence-corrected chi connectivity index (χ2v) is 2.59. The van der Waals surface area contributed by atoms with E-state index in [1.807, 2.05) is 0 Å². The molecule has 86 valence electrons. The molecule has 1 atom stereocenters. The largest absolute Gasteiger partial charge is 0.478 e. The fraction of sp³-hybridized carbons (Fsp3) is 0.400. The van der Waals surface area contributed by atoms with Crippen LogP contribution in [-0.4, -0.2) is 28.4 Å². The molecule has 0 rings (SSSR count). The van der Waals surface area contributed by atoms with Crippen LogP contribution in [0.4, 0.5) is 0 Å². The second kappa shape index (κ2) is 8.96. The Kier molecular flexibility index (Phi) is 9.45. The van der Waals surface area contributed by atoms with E-state index in [9.17, 15) is 9.59 Å². The maximum Gasteiger partial charge on any atom is 0.332 e. The molecule has 0 aromatic carbocycles. The van der Waals surface area contributed by atoms with Gasteiger partial charge in [-0.2, -0.15) is 0 Å². The van der Waals surface area contributed by atoms with Crippen LogP contribution in [0.1, 0.15) is 20.3 Å². The van der Waals surface area contributed by atoms with Gasteiger partial charge in [0.05, 0.1) is 0 Å². The molecule has 0 aromatic rings. The van der Waals surface area contributed by atoms with Crippen molar-refractivity contribution >= 4 is 11.9 Å². The minimum Gasteiger partial charge on any atom is -0.478 e. The number of aliphatic hydroxyl groups excluding tert-OH is 1. The van der Waals surface area contributed by atoms with Gasteiger partial charge in [-0.05, 0) is 6.92 Å². The first-order valence-corrected chi connectivity index (χ1v) is 4.25. The smallest absolute Gasteiger partial charge is 0.332 e. The van der Waals surface area contributed by atoms with E-state index in [1.54, 1.807) is 6.92 Å². The van der Waals surface area contributed by atoms with Crippen LogP contribution in [0.25, 0.3) is 0 Å². The normalized spacial score (nSPS) is 10.3. The van der Waals surface area contributed by atoms with Crippen molar-refractivity contribution in [3.8, 4) is 0 Å². The Morgan fingerprint density at radius 2 is 1.93 bits per heavy atom. The summed E-state index contributed by atoms with van der Waals surface area (Å²) in [7, 11) is 0. The van der Waals surface area contributed by atoms with Gasteiger partial charge in [-0.25, -0.2) is 9.59 Å². The summed E-state index contributed by atoms with van der Waals surface area (Å²) in [6, 6.07) is 0. The van der Waals surface area contributed by atoms with E-state index in [0.717, 1.165) is 6.08 Å². The molecule has 0 aliphatic heterocycles. The van der Waals surface area contributed by atoms with E-state index < -0.39 is 18.2 Å².